The van der Waals surface area contributed by atoms with E-state index >= 15 is 0 Å². The minimum Gasteiger partial charge on any atom is -0.352 e. The number of benzene rings is 1. The van der Waals surface area contributed by atoms with Gasteiger partial charge in [0, 0.05) is 18.7 Å². The van der Waals surface area contributed by atoms with Crippen molar-refractivity contribution in [1.29, 1.82) is 0 Å². The van der Waals surface area contributed by atoms with Crippen LogP contribution in [0, 0.1) is 5.92 Å². The van der Waals surface area contributed by atoms with Crippen molar-refractivity contribution >= 4 is 30.1 Å². The number of hydrogen-bond acceptors (Lipinski definition) is 4. The zero-order valence-corrected chi connectivity index (χ0v) is 15.9. The second-order valence-electron chi connectivity index (χ2n) is 6.78. The second-order valence-corrected chi connectivity index (χ2v) is 6.78. The summed E-state index contributed by atoms with van der Waals surface area (Å²) in [5, 5.41) is 6.22. The first-order chi connectivity index (χ1) is 12.1. The van der Waals surface area contributed by atoms with Crippen molar-refractivity contribution in [2.24, 2.45) is 5.92 Å². The molecule has 0 aliphatic carbocycles. The van der Waals surface area contributed by atoms with Gasteiger partial charge < -0.3 is 10.6 Å². The Labute approximate surface area is 160 Å². The molecule has 6 nitrogen and oxygen atoms in total. The summed E-state index contributed by atoms with van der Waals surface area (Å²) in [7, 11) is 0. The summed E-state index contributed by atoms with van der Waals surface area (Å²) in [4.78, 5) is 38.4. The monoisotopic (exact) mass is 379 g/mol. The van der Waals surface area contributed by atoms with Crippen molar-refractivity contribution in [2.45, 2.75) is 32.6 Å². The third kappa shape index (κ3) is 4.24. The molecule has 1 saturated heterocycles. The van der Waals surface area contributed by atoms with Crippen LogP contribution in [0.2, 0.25) is 0 Å². The predicted octanol–water partition coefficient (Wildman–Crippen LogP) is 2.23. The Hall–Kier alpha value is -1.92. The van der Waals surface area contributed by atoms with E-state index < -0.39 is 0 Å². The first-order valence-corrected chi connectivity index (χ1v) is 9.11. The highest BCUT2D eigenvalue weighted by Gasteiger charge is 2.35. The van der Waals surface area contributed by atoms with Crippen LogP contribution in [0.3, 0.4) is 0 Å². The summed E-state index contributed by atoms with van der Waals surface area (Å²) in [5.74, 6) is -0.123. The maximum atomic E-state index is 12.4. The maximum Gasteiger partial charge on any atom is 0.261 e. The van der Waals surface area contributed by atoms with Crippen molar-refractivity contribution in [2.75, 3.05) is 26.2 Å². The molecule has 0 aromatic heterocycles. The zero-order chi connectivity index (χ0) is 17.8. The lowest BCUT2D eigenvalue weighted by molar-refractivity contribution is 0.0652. The molecule has 142 valence electrons. The fourth-order valence-corrected chi connectivity index (χ4v) is 3.40. The van der Waals surface area contributed by atoms with Gasteiger partial charge in [-0.1, -0.05) is 13.3 Å². The van der Waals surface area contributed by atoms with Crippen LogP contribution in [0.4, 0.5) is 0 Å². The number of nitrogens with zero attached hydrogens (tertiary/aromatic N) is 1. The molecular formula is C19H26ClN3O3. The van der Waals surface area contributed by atoms with Crippen LogP contribution in [-0.4, -0.2) is 48.8 Å². The Morgan fingerprint density at radius 1 is 1.27 bits per heavy atom. The molecule has 0 bridgehead atoms. The van der Waals surface area contributed by atoms with E-state index in [2.05, 4.69) is 10.6 Å². The van der Waals surface area contributed by atoms with Crippen LogP contribution in [0.1, 0.15) is 63.7 Å². The van der Waals surface area contributed by atoms with Gasteiger partial charge in [-0.3, -0.25) is 19.3 Å². The highest BCUT2D eigenvalue weighted by atomic mass is 35.5. The van der Waals surface area contributed by atoms with Crippen LogP contribution < -0.4 is 10.6 Å². The molecule has 7 heteroatoms. The van der Waals surface area contributed by atoms with Crippen molar-refractivity contribution in [3.05, 3.63) is 34.9 Å². The van der Waals surface area contributed by atoms with Crippen LogP contribution in [0.15, 0.2) is 18.2 Å². The van der Waals surface area contributed by atoms with Gasteiger partial charge in [-0.25, -0.2) is 0 Å². The lowest BCUT2D eigenvalue weighted by atomic mass is 10.0. The molecule has 1 aromatic carbocycles. The fourth-order valence-electron chi connectivity index (χ4n) is 3.40. The van der Waals surface area contributed by atoms with E-state index in [-0.39, 0.29) is 30.1 Å². The molecule has 3 rings (SSSR count). The number of amides is 3. The van der Waals surface area contributed by atoms with Crippen LogP contribution >= 0.6 is 12.4 Å². The number of nitrogens with one attached hydrogen (secondary N) is 2. The average molecular weight is 380 g/mol. The highest BCUT2D eigenvalue weighted by molar-refractivity contribution is 6.22. The van der Waals surface area contributed by atoms with E-state index in [4.69, 9.17) is 0 Å². The minimum absolute atomic E-state index is 0. The van der Waals surface area contributed by atoms with Gasteiger partial charge >= 0.3 is 0 Å². The van der Waals surface area contributed by atoms with Gasteiger partial charge in [0.15, 0.2) is 0 Å². The molecule has 1 fully saturated rings. The van der Waals surface area contributed by atoms with Crippen LogP contribution in [0.5, 0.6) is 0 Å². The number of carbonyl (C=O) groups excluding carboxylic acids is 3. The normalized spacial score (nSPS) is 18.7. The van der Waals surface area contributed by atoms with E-state index in [9.17, 15) is 14.4 Å². The number of carbonyl (C=O) groups is 3. The number of fused-ring (bicyclic) bond motifs is 1. The number of halogens is 1. The molecule has 0 spiro atoms. The summed E-state index contributed by atoms with van der Waals surface area (Å²) in [6.45, 7) is 5.13. The Balaban J connectivity index is 0.00000243. The molecule has 1 atom stereocenters. The SMILES string of the molecule is CCCCN1C(=O)c2ccc(C(=O)NCCC3CCNC3)cc2C1=O.Cl. The van der Waals surface area contributed by atoms with Gasteiger partial charge in [-0.05, 0) is 56.5 Å². The first-order valence-electron chi connectivity index (χ1n) is 9.11. The van der Waals surface area contributed by atoms with E-state index in [1.807, 2.05) is 6.92 Å². The number of hydrogen-bond donors (Lipinski definition) is 2. The number of rotatable bonds is 7. The Morgan fingerprint density at radius 2 is 2.04 bits per heavy atom. The van der Waals surface area contributed by atoms with Crippen molar-refractivity contribution in [3.8, 4) is 0 Å². The largest absolute Gasteiger partial charge is 0.352 e. The second kappa shape index (κ2) is 9.14. The van der Waals surface area contributed by atoms with E-state index in [0.717, 1.165) is 38.8 Å². The van der Waals surface area contributed by atoms with Gasteiger partial charge in [0.25, 0.3) is 17.7 Å². The molecule has 2 aliphatic rings. The molecule has 1 aromatic rings. The average Bonchev–Trinajstić information content (AvgIpc) is 3.21. The molecular weight excluding hydrogens is 354 g/mol. The van der Waals surface area contributed by atoms with Gasteiger partial charge in [0.1, 0.15) is 0 Å². The Kier molecular flexibility index (Phi) is 7.17. The predicted molar refractivity (Wildman–Crippen MR) is 102 cm³/mol. The zero-order valence-electron chi connectivity index (χ0n) is 15.0. The summed E-state index contributed by atoms with van der Waals surface area (Å²) >= 11 is 0. The van der Waals surface area contributed by atoms with Gasteiger partial charge in [0.05, 0.1) is 11.1 Å². The third-order valence-electron chi connectivity index (χ3n) is 4.97. The molecule has 0 saturated carbocycles. The standard InChI is InChI=1S/C19H25N3O3.ClH/c1-2-3-10-22-18(24)15-5-4-14(11-16(15)19(22)25)17(23)21-9-7-13-6-8-20-12-13;/h4-5,11,13,20H,2-3,6-10,12H2,1H3,(H,21,23);1H. The van der Waals surface area contributed by atoms with Crippen molar-refractivity contribution in [3.63, 3.8) is 0 Å². The quantitative estimate of drug-likeness (QED) is 0.712. The lowest BCUT2D eigenvalue weighted by Crippen LogP contribution is -2.30. The van der Waals surface area contributed by atoms with Crippen LogP contribution in [-0.2, 0) is 0 Å². The molecule has 2 N–H and O–H groups in total. The van der Waals surface area contributed by atoms with Crippen LogP contribution in [0.25, 0.3) is 0 Å². The molecule has 2 aliphatic heterocycles. The highest BCUT2D eigenvalue weighted by Crippen LogP contribution is 2.24. The molecule has 0 radical (unpaired) electrons. The summed E-state index contributed by atoms with van der Waals surface area (Å²) in [6, 6.07) is 4.77. The molecule has 1 unspecified atom stereocenters. The summed E-state index contributed by atoms with van der Waals surface area (Å²) < 4.78 is 0. The van der Waals surface area contributed by atoms with E-state index in [0.29, 0.717) is 35.7 Å². The number of imide groups is 1. The number of unbranched alkanes of at least 4 members (excludes halogenated alkanes) is 1. The van der Waals surface area contributed by atoms with E-state index in [1.165, 1.54) is 4.90 Å². The summed E-state index contributed by atoms with van der Waals surface area (Å²) in [6.07, 6.45) is 3.80. The minimum atomic E-state index is -0.292. The smallest absolute Gasteiger partial charge is 0.261 e. The molecule has 3 amide bonds. The molecule has 26 heavy (non-hydrogen) atoms. The maximum absolute atomic E-state index is 12.4. The fraction of sp³-hybridized carbons (Fsp3) is 0.526. The van der Waals surface area contributed by atoms with Gasteiger partial charge in [0.2, 0.25) is 0 Å². The lowest BCUT2D eigenvalue weighted by Gasteiger charge is -2.12. The van der Waals surface area contributed by atoms with Gasteiger partial charge in [-0.15, -0.1) is 12.4 Å². The summed E-state index contributed by atoms with van der Waals surface area (Å²) in [5.41, 5.74) is 1.17. The van der Waals surface area contributed by atoms with Crippen molar-refractivity contribution in [1.82, 2.24) is 15.5 Å². The first kappa shape index (κ1) is 20.4. The molecule has 2 heterocycles. The van der Waals surface area contributed by atoms with Crippen molar-refractivity contribution < 1.29 is 14.4 Å². The topological polar surface area (TPSA) is 78.5 Å². The van der Waals surface area contributed by atoms with E-state index in [1.54, 1.807) is 18.2 Å². The third-order valence-corrected chi connectivity index (χ3v) is 4.97. The van der Waals surface area contributed by atoms with Gasteiger partial charge in [-0.2, -0.15) is 0 Å². The Bertz CT molecular complexity index is 687. The Morgan fingerprint density at radius 3 is 2.73 bits per heavy atom.